The summed E-state index contributed by atoms with van der Waals surface area (Å²) >= 11 is 3.46. The maximum absolute atomic E-state index is 13.2. The van der Waals surface area contributed by atoms with Gasteiger partial charge in [-0.1, -0.05) is 22.0 Å². The fraction of sp³-hybridized carbons (Fsp3) is 0.312. The van der Waals surface area contributed by atoms with E-state index in [9.17, 15) is 4.39 Å². The molecule has 0 aliphatic carbocycles. The average Bonchev–Trinajstić information content (AvgIpc) is 2.51. The Kier molecular flexibility index (Phi) is 6.32. The zero-order valence-corrected chi connectivity index (χ0v) is 14.4. The first-order valence-electron chi connectivity index (χ1n) is 7.02. The molecular formula is C16H18BrClFN3. The van der Waals surface area contributed by atoms with Crippen molar-refractivity contribution in [1.29, 1.82) is 0 Å². The molecule has 1 aliphatic rings. The Bertz CT molecular complexity index is 612. The van der Waals surface area contributed by atoms with Crippen molar-refractivity contribution < 1.29 is 4.39 Å². The molecule has 1 unspecified atom stereocenters. The zero-order valence-electron chi connectivity index (χ0n) is 12.0. The Labute approximate surface area is 144 Å². The summed E-state index contributed by atoms with van der Waals surface area (Å²) in [4.78, 5) is 6.51. The van der Waals surface area contributed by atoms with Gasteiger partial charge >= 0.3 is 0 Å². The lowest BCUT2D eigenvalue weighted by Crippen LogP contribution is -2.45. The van der Waals surface area contributed by atoms with Crippen molar-refractivity contribution in [3.05, 3.63) is 64.1 Å². The van der Waals surface area contributed by atoms with Crippen LogP contribution in [0.1, 0.15) is 17.2 Å². The van der Waals surface area contributed by atoms with Crippen LogP contribution in [-0.4, -0.2) is 29.5 Å². The monoisotopic (exact) mass is 385 g/mol. The van der Waals surface area contributed by atoms with Gasteiger partial charge in [0.2, 0.25) is 0 Å². The Hall–Kier alpha value is -1.01. The van der Waals surface area contributed by atoms with E-state index < -0.39 is 0 Å². The van der Waals surface area contributed by atoms with Gasteiger partial charge in [-0.2, -0.15) is 0 Å². The molecule has 0 spiro atoms. The Morgan fingerprint density at radius 3 is 2.77 bits per heavy atom. The van der Waals surface area contributed by atoms with Gasteiger partial charge in [-0.3, -0.25) is 9.88 Å². The first-order chi connectivity index (χ1) is 10.2. The standard InChI is InChI=1S/C16H17BrFN3.ClH/c17-15-9-14(18)2-1-13(15)11-21-8-7-20-10-16(21)12-3-5-19-6-4-12;/h1-6,9,16,20H,7-8,10-11H2;1H. The van der Waals surface area contributed by atoms with Crippen LogP contribution >= 0.6 is 28.3 Å². The molecule has 0 radical (unpaired) electrons. The SMILES string of the molecule is Cl.Fc1ccc(CN2CCNCC2c2ccncc2)c(Br)c1. The maximum atomic E-state index is 13.2. The lowest BCUT2D eigenvalue weighted by Gasteiger charge is -2.36. The quantitative estimate of drug-likeness (QED) is 0.874. The van der Waals surface area contributed by atoms with E-state index >= 15 is 0 Å². The number of aromatic nitrogens is 1. The first kappa shape index (κ1) is 17.3. The van der Waals surface area contributed by atoms with Crippen molar-refractivity contribution >= 4 is 28.3 Å². The zero-order chi connectivity index (χ0) is 14.7. The summed E-state index contributed by atoms with van der Waals surface area (Å²) in [6, 6.07) is 9.33. The van der Waals surface area contributed by atoms with Crippen LogP contribution in [0.25, 0.3) is 0 Å². The number of nitrogens with zero attached hydrogens (tertiary/aromatic N) is 2. The number of hydrogen-bond donors (Lipinski definition) is 1. The minimum absolute atomic E-state index is 0. The molecule has 0 bridgehead atoms. The molecule has 0 saturated carbocycles. The van der Waals surface area contributed by atoms with E-state index in [2.05, 4.69) is 43.3 Å². The molecule has 3 rings (SSSR count). The van der Waals surface area contributed by atoms with Crippen molar-refractivity contribution in [2.75, 3.05) is 19.6 Å². The number of rotatable bonds is 3. The second kappa shape index (κ2) is 8.02. The molecular weight excluding hydrogens is 369 g/mol. The lowest BCUT2D eigenvalue weighted by molar-refractivity contribution is 0.153. The van der Waals surface area contributed by atoms with Crippen molar-refractivity contribution in [2.24, 2.45) is 0 Å². The van der Waals surface area contributed by atoms with Crippen molar-refractivity contribution in [3.63, 3.8) is 0 Å². The minimum Gasteiger partial charge on any atom is -0.314 e. The van der Waals surface area contributed by atoms with Crippen molar-refractivity contribution in [3.8, 4) is 0 Å². The van der Waals surface area contributed by atoms with Gasteiger partial charge in [0.15, 0.2) is 0 Å². The maximum Gasteiger partial charge on any atom is 0.124 e. The van der Waals surface area contributed by atoms with Gasteiger partial charge in [-0.25, -0.2) is 4.39 Å². The van der Waals surface area contributed by atoms with Crippen LogP contribution in [0.3, 0.4) is 0 Å². The summed E-state index contributed by atoms with van der Waals surface area (Å²) in [5, 5.41) is 3.44. The highest BCUT2D eigenvalue weighted by Gasteiger charge is 2.24. The van der Waals surface area contributed by atoms with E-state index in [1.54, 1.807) is 0 Å². The van der Waals surface area contributed by atoms with Gasteiger partial charge in [0.05, 0.1) is 0 Å². The van der Waals surface area contributed by atoms with Gasteiger partial charge in [0, 0.05) is 49.1 Å². The summed E-state index contributed by atoms with van der Waals surface area (Å²) in [6.07, 6.45) is 3.66. The third kappa shape index (κ3) is 4.04. The molecule has 1 saturated heterocycles. The lowest BCUT2D eigenvalue weighted by atomic mass is 10.0. The number of nitrogens with one attached hydrogen (secondary N) is 1. The molecule has 118 valence electrons. The predicted molar refractivity (Wildman–Crippen MR) is 91.6 cm³/mol. The molecule has 1 fully saturated rings. The highest BCUT2D eigenvalue weighted by Crippen LogP contribution is 2.26. The molecule has 6 heteroatoms. The Morgan fingerprint density at radius 2 is 2.05 bits per heavy atom. The van der Waals surface area contributed by atoms with Crippen molar-refractivity contribution in [1.82, 2.24) is 15.2 Å². The predicted octanol–water partition coefficient (Wildman–Crippen LogP) is 3.55. The third-order valence-corrected chi connectivity index (χ3v) is 4.57. The van der Waals surface area contributed by atoms with Gasteiger partial charge < -0.3 is 5.32 Å². The van der Waals surface area contributed by atoms with Crippen LogP contribution in [0.15, 0.2) is 47.2 Å². The summed E-state index contributed by atoms with van der Waals surface area (Å²) in [6.45, 7) is 3.66. The highest BCUT2D eigenvalue weighted by atomic mass is 79.9. The second-order valence-electron chi connectivity index (χ2n) is 5.21. The fourth-order valence-electron chi connectivity index (χ4n) is 2.72. The van der Waals surface area contributed by atoms with Crippen molar-refractivity contribution in [2.45, 2.75) is 12.6 Å². The summed E-state index contributed by atoms with van der Waals surface area (Å²) in [7, 11) is 0. The van der Waals surface area contributed by atoms with Crippen LogP contribution < -0.4 is 5.32 Å². The summed E-state index contributed by atoms with van der Waals surface area (Å²) < 4.78 is 14.0. The largest absolute Gasteiger partial charge is 0.314 e. The van der Waals surface area contributed by atoms with E-state index in [4.69, 9.17) is 0 Å². The smallest absolute Gasteiger partial charge is 0.124 e. The minimum atomic E-state index is -0.211. The van der Waals surface area contributed by atoms with E-state index in [1.165, 1.54) is 17.7 Å². The normalized spacial score (nSPS) is 18.7. The van der Waals surface area contributed by atoms with Gasteiger partial charge in [0.1, 0.15) is 5.82 Å². The Balaban J connectivity index is 0.00000176. The fourth-order valence-corrected chi connectivity index (χ4v) is 3.19. The number of halogens is 3. The molecule has 22 heavy (non-hydrogen) atoms. The first-order valence-corrected chi connectivity index (χ1v) is 7.82. The molecule has 0 amide bonds. The van der Waals surface area contributed by atoms with Gasteiger partial charge in [-0.05, 0) is 35.4 Å². The molecule has 1 aliphatic heterocycles. The summed E-state index contributed by atoms with van der Waals surface area (Å²) in [5.41, 5.74) is 2.37. The summed E-state index contributed by atoms with van der Waals surface area (Å²) in [5.74, 6) is -0.211. The third-order valence-electron chi connectivity index (χ3n) is 3.83. The molecule has 2 aromatic rings. The van der Waals surface area contributed by atoms with E-state index in [1.807, 2.05) is 18.5 Å². The van der Waals surface area contributed by atoms with Crippen LogP contribution in [0.5, 0.6) is 0 Å². The molecule has 2 heterocycles. The van der Waals surface area contributed by atoms with Crippen LogP contribution in [0.4, 0.5) is 4.39 Å². The van der Waals surface area contributed by atoms with E-state index in [-0.39, 0.29) is 18.2 Å². The second-order valence-corrected chi connectivity index (χ2v) is 6.06. The highest BCUT2D eigenvalue weighted by molar-refractivity contribution is 9.10. The molecule has 1 atom stereocenters. The van der Waals surface area contributed by atoms with Crippen LogP contribution in [0.2, 0.25) is 0 Å². The number of pyridine rings is 1. The van der Waals surface area contributed by atoms with E-state index in [0.29, 0.717) is 6.04 Å². The van der Waals surface area contributed by atoms with Crippen LogP contribution in [-0.2, 0) is 6.54 Å². The van der Waals surface area contributed by atoms with Crippen LogP contribution in [0, 0.1) is 5.82 Å². The molecule has 1 aromatic carbocycles. The molecule has 1 N–H and O–H groups in total. The number of benzene rings is 1. The number of piperazine rings is 1. The topological polar surface area (TPSA) is 28.2 Å². The Morgan fingerprint density at radius 1 is 1.27 bits per heavy atom. The number of hydrogen-bond acceptors (Lipinski definition) is 3. The van der Waals surface area contributed by atoms with Gasteiger partial charge in [-0.15, -0.1) is 12.4 Å². The molecule has 1 aromatic heterocycles. The van der Waals surface area contributed by atoms with E-state index in [0.717, 1.165) is 36.2 Å². The molecule has 3 nitrogen and oxygen atoms in total. The average molecular weight is 387 g/mol. The van der Waals surface area contributed by atoms with Gasteiger partial charge in [0.25, 0.3) is 0 Å².